The summed E-state index contributed by atoms with van der Waals surface area (Å²) in [4.78, 5) is 0. The van der Waals surface area contributed by atoms with Crippen LogP contribution in [0, 0.1) is 0 Å². The van der Waals surface area contributed by atoms with Crippen LogP contribution in [0.2, 0.25) is 5.02 Å². The molecule has 0 saturated carbocycles. The molecule has 0 atom stereocenters. The molecule has 4 N–H and O–H groups in total. The molecule has 20 heavy (non-hydrogen) atoms. The van der Waals surface area contributed by atoms with Crippen LogP contribution in [0.1, 0.15) is 11.1 Å². The summed E-state index contributed by atoms with van der Waals surface area (Å²) >= 11 is 5.91. The minimum Gasteiger partial charge on any atom is -0.505 e. The lowest BCUT2D eigenvalue weighted by molar-refractivity contribution is 0.319. The molecule has 104 valence electrons. The lowest BCUT2D eigenvalue weighted by atomic mass is 10.0. The van der Waals surface area contributed by atoms with E-state index in [9.17, 15) is 10.3 Å². The number of oxime groups is 1. The highest BCUT2D eigenvalue weighted by Gasteiger charge is 2.15. The fourth-order valence-corrected chi connectivity index (χ4v) is 2.04. The van der Waals surface area contributed by atoms with Gasteiger partial charge < -0.3 is 20.8 Å². The van der Waals surface area contributed by atoms with Crippen LogP contribution in [-0.2, 0) is 0 Å². The van der Waals surface area contributed by atoms with Crippen LogP contribution < -0.4 is 10.5 Å². The number of methoxy groups -OCH3 is 1. The van der Waals surface area contributed by atoms with Gasteiger partial charge in [0.1, 0.15) is 17.2 Å². The van der Waals surface area contributed by atoms with E-state index in [0.717, 1.165) is 0 Å². The maximum Gasteiger partial charge on any atom is 0.148 e. The molecule has 0 bridgehead atoms. The van der Waals surface area contributed by atoms with Gasteiger partial charge >= 0.3 is 0 Å². The second-order valence-electron chi connectivity index (χ2n) is 4.07. The molecule has 0 spiro atoms. The molecule has 0 aliphatic heterocycles. The number of halogens is 1. The average molecular weight is 293 g/mol. The van der Waals surface area contributed by atoms with Crippen LogP contribution >= 0.6 is 11.6 Å². The van der Waals surface area contributed by atoms with E-state index in [4.69, 9.17) is 22.1 Å². The van der Waals surface area contributed by atoms with Crippen molar-refractivity contribution < 1.29 is 15.1 Å². The standard InChI is InChI=1S/C14H13ClN2O3/c1-20-10-4-2-8(3-5-10)13(17-19)11-6-9(15)7-12(16)14(11)18/h2-7,18-19H,16H2,1H3. The molecule has 0 unspecified atom stereocenters. The average Bonchev–Trinajstić information content (AvgIpc) is 2.45. The number of nitrogens with two attached hydrogens (primary N) is 1. The Labute approximate surface area is 120 Å². The number of phenolic OH excluding ortho intramolecular Hbond substituents is 1. The molecule has 0 fully saturated rings. The van der Waals surface area contributed by atoms with Crippen LogP contribution in [-0.4, -0.2) is 23.1 Å². The maximum atomic E-state index is 9.99. The second-order valence-corrected chi connectivity index (χ2v) is 4.50. The molecule has 0 aliphatic carbocycles. The van der Waals surface area contributed by atoms with Crippen LogP contribution in [0.4, 0.5) is 5.69 Å². The number of hydrogen-bond acceptors (Lipinski definition) is 5. The molecule has 0 radical (unpaired) electrons. The topological polar surface area (TPSA) is 88.1 Å². The Balaban J connectivity index is 2.53. The van der Waals surface area contributed by atoms with Gasteiger partial charge in [-0.2, -0.15) is 0 Å². The number of anilines is 1. The number of benzene rings is 2. The highest BCUT2D eigenvalue weighted by Crippen LogP contribution is 2.31. The van der Waals surface area contributed by atoms with E-state index in [1.165, 1.54) is 12.1 Å². The minimum atomic E-state index is -0.182. The summed E-state index contributed by atoms with van der Waals surface area (Å²) in [5, 5.41) is 22.8. The first kappa shape index (κ1) is 14.0. The van der Waals surface area contributed by atoms with E-state index in [1.807, 2.05) is 0 Å². The predicted molar refractivity (Wildman–Crippen MR) is 77.9 cm³/mol. The molecule has 2 rings (SSSR count). The largest absolute Gasteiger partial charge is 0.505 e. The Morgan fingerprint density at radius 2 is 1.90 bits per heavy atom. The van der Waals surface area contributed by atoms with Gasteiger partial charge in [-0.3, -0.25) is 0 Å². The van der Waals surface area contributed by atoms with Gasteiger partial charge in [0.15, 0.2) is 0 Å². The van der Waals surface area contributed by atoms with Crippen molar-refractivity contribution in [1.29, 1.82) is 0 Å². The van der Waals surface area contributed by atoms with Crippen molar-refractivity contribution in [2.24, 2.45) is 5.16 Å². The van der Waals surface area contributed by atoms with E-state index < -0.39 is 0 Å². The SMILES string of the molecule is COc1ccc(C(=NO)c2cc(Cl)cc(N)c2O)cc1. The van der Waals surface area contributed by atoms with E-state index in [-0.39, 0.29) is 22.7 Å². The van der Waals surface area contributed by atoms with Gasteiger partial charge in [0, 0.05) is 16.1 Å². The smallest absolute Gasteiger partial charge is 0.148 e. The molecule has 0 heterocycles. The Morgan fingerprint density at radius 1 is 1.25 bits per heavy atom. The van der Waals surface area contributed by atoms with Gasteiger partial charge in [0.2, 0.25) is 0 Å². The minimum absolute atomic E-state index is 0.113. The molecule has 6 heteroatoms. The quantitative estimate of drug-likeness (QED) is 0.267. The summed E-state index contributed by atoms with van der Waals surface area (Å²) in [7, 11) is 1.56. The number of hydrogen-bond donors (Lipinski definition) is 3. The molecule has 0 amide bonds. The first-order chi connectivity index (χ1) is 9.56. The van der Waals surface area contributed by atoms with Crippen molar-refractivity contribution in [2.75, 3.05) is 12.8 Å². The van der Waals surface area contributed by atoms with Crippen LogP contribution in [0.15, 0.2) is 41.6 Å². The van der Waals surface area contributed by atoms with E-state index in [0.29, 0.717) is 16.3 Å². The van der Waals surface area contributed by atoms with Crippen molar-refractivity contribution in [2.45, 2.75) is 0 Å². The van der Waals surface area contributed by atoms with E-state index >= 15 is 0 Å². The summed E-state index contributed by atoms with van der Waals surface area (Å²) in [5.41, 5.74) is 6.77. The predicted octanol–water partition coefficient (Wildman–Crippen LogP) is 2.86. The van der Waals surface area contributed by atoms with Gasteiger partial charge in [0.25, 0.3) is 0 Å². The Bertz CT molecular complexity index is 654. The fraction of sp³-hybridized carbons (Fsp3) is 0.0714. The number of aromatic hydroxyl groups is 1. The highest BCUT2D eigenvalue weighted by molar-refractivity contribution is 6.31. The highest BCUT2D eigenvalue weighted by atomic mass is 35.5. The Morgan fingerprint density at radius 3 is 2.45 bits per heavy atom. The molecule has 2 aromatic carbocycles. The van der Waals surface area contributed by atoms with Crippen LogP contribution in [0.3, 0.4) is 0 Å². The Hall–Kier alpha value is -2.40. The third-order valence-corrected chi connectivity index (χ3v) is 3.04. The molecule has 2 aromatic rings. The first-order valence-corrected chi connectivity index (χ1v) is 6.09. The first-order valence-electron chi connectivity index (χ1n) is 5.71. The zero-order valence-electron chi connectivity index (χ0n) is 10.7. The summed E-state index contributed by atoms with van der Waals surface area (Å²) in [6.07, 6.45) is 0. The molecule has 0 saturated heterocycles. The number of ether oxygens (including phenoxy) is 1. The second kappa shape index (κ2) is 5.71. The summed E-state index contributed by atoms with van der Waals surface area (Å²) in [6.45, 7) is 0. The van der Waals surface area contributed by atoms with Crippen molar-refractivity contribution in [3.05, 3.63) is 52.5 Å². The van der Waals surface area contributed by atoms with E-state index in [1.54, 1.807) is 31.4 Å². The normalized spacial score (nSPS) is 11.4. The lowest BCUT2D eigenvalue weighted by Crippen LogP contribution is -2.05. The van der Waals surface area contributed by atoms with Gasteiger partial charge in [-0.05, 0) is 36.4 Å². The molecule has 5 nitrogen and oxygen atoms in total. The van der Waals surface area contributed by atoms with Crippen LogP contribution in [0.5, 0.6) is 11.5 Å². The molecule has 0 aliphatic rings. The van der Waals surface area contributed by atoms with Gasteiger partial charge in [0.05, 0.1) is 12.8 Å². The van der Waals surface area contributed by atoms with Gasteiger partial charge in [-0.25, -0.2) is 0 Å². The number of nitrogens with zero attached hydrogens (tertiary/aromatic N) is 1. The summed E-state index contributed by atoms with van der Waals surface area (Å²) in [5.74, 6) is 0.485. The molecular formula is C14H13ClN2O3. The van der Waals surface area contributed by atoms with Gasteiger partial charge in [-0.15, -0.1) is 0 Å². The number of phenols is 1. The monoisotopic (exact) mass is 292 g/mol. The molecular weight excluding hydrogens is 280 g/mol. The summed E-state index contributed by atoms with van der Waals surface area (Å²) < 4.78 is 5.06. The maximum absolute atomic E-state index is 9.99. The van der Waals surface area contributed by atoms with Crippen molar-refractivity contribution >= 4 is 23.0 Å². The number of rotatable bonds is 3. The zero-order valence-corrected chi connectivity index (χ0v) is 11.4. The van der Waals surface area contributed by atoms with E-state index in [2.05, 4.69) is 5.16 Å². The lowest BCUT2D eigenvalue weighted by Gasteiger charge is -2.10. The fourth-order valence-electron chi connectivity index (χ4n) is 1.82. The van der Waals surface area contributed by atoms with Crippen molar-refractivity contribution in [3.8, 4) is 11.5 Å². The van der Waals surface area contributed by atoms with Crippen molar-refractivity contribution in [3.63, 3.8) is 0 Å². The zero-order chi connectivity index (χ0) is 14.7. The molecule has 0 aromatic heterocycles. The summed E-state index contributed by atoms with van der Waals surface area (Å²) in [6, 6.07) is 9.72. The third kappa shape index (κ3) is 2.62. The Kier molecular flexibility index (Phi) is 4.00. The van der Waals surface area contributed by atoms with Crippen molar-refractivity contribution in [1.82, 2.24) is 0 Å². The van der Waals surface area contributed by atoms with Crippen LogP contribution in [0.25, 0.3) is 0 Å². The number of nitrogen functional groups attached to an aromatic ring is 1. The van der Waals surface area contributed by atoms with Gasteiger partial charge in [-0.1, -0.05) is 16.8 Å². The third-order valence-electron chi connectivity index (χ3n) is 2.82.